The molecule has 1 aliphatic rings. The monoisotopic (exact) mass is 431 g/mol. The summed E-state index contributed by atoms with van der Waals surface area (Å²) in [5.74, 6) is -0.805. The third-order valence-electron chi connectivity index (χ3n) is 5.12. The number of carboxylic acid groups (broad SMARTS) is 1. The second kappa shape index (κ2) is 7.74. The zero-order valence-electron chi connectivity index (χ0n) is 15.6. The maximum Gasteiger partial charge on any atom is 0.331 e. The molecule has 152 valence electrons. The molecule has 3 unspecified atom stereocenters. The molecular weight excluding hydrogens is 412 g/mol. The summed E-state index contributed by atoms with van der Waals surface area (Å²) < 4.78 is 30.6. The summed E-state index contributed by atoms with van der Waals surface area (Å²) in [5, 5.41) is 14.4. The molecule has 7 nitrogen and oxygen atoms in total. The van der Waals surface area contributed by atoms with E-state index in [0.717, 1.165) is 33.3 Å². The normalized spacial score (nSPS) is 21.7. The molecule has 0 spiro atoms. The number of aromatic nitrogens is 1. The van der Waals surface area contributed by atoms with Gasteiger partial charge in [-0.25, -0.2) is 4.79 Å². The lowest BCUT2D eigenvalue weighted by molar-refractivity contribution is -0.139. The Morgan fingerprint density at radius 3 is 2.79 bits per heavy atom. The number of hydrogen-bond donors (Lipinski definition) is 1. The van der Waals surface area contributed by atoms with Gasteiger partial charge in [-0.15, -0.1) is 11.3 Å². The fourth-order valence-electron chi connectivity index (χ4n) is 3.65. The Balaban J connectivity index is 1.68. The average molecular weight is 432 g/mol. The SMILES string of the molecule is CCCc1cc(-c2ccc(N(S(=O)[O-])C3(C(=O)O)CC3c3ccccc3)s2)no1. The van der Waals surface area contributed by atoms with Crippen molar-refractivity contribution < 1.29 is 23.2 Å². The number of rotatable bonds is 8. The topological polar surface area (TPSA) is 107 Å². The van der Waals surface area contributed by atoms with Crippen molar-refractivity contribution in [2.75, 3.05) is 4.31 Å². The van der Waals surface area contributed by atoms with Gasteiger partial charge in [0.15, 0.2) is 5.54 Å². The third-order valence-corrected chi connectivity index (χ3v) is 7.14. The van der Waals surface area contributed by atoms with Gasteiger partial charge < -0.3 is 14.2 Å². The van der Waals surface area contributed by atoms with Gasteiger partial charge in [-0.05, 0) is 30.5 Å². The molecule has 2 heterocycles. The Morgan fingerprint density at radius 2 is 2.14 bits per heavy atom. The molecule has 0 saturated heterocycles. The number of carboxylic acids is 1. The van der Waals surface area contributed by atoms with Crippen LogP contribution in [0.3, 0.4) is 0 Å². The molecule has 1 aliphatic carbocycles. The van der Waals surface area contributed by atoms with Crippen LogP contribution in [0.4, 0.5) is 5.00 Å². The Kier molecular flexibility index (Phi) is 5.28. The van der Waals surface area contributed by atoms with E-state index in [2.05, 4.69) is 5.16 Å². The number of benzene rings is 1. The van der Waals surface area contributed by atoms with Crippen LogP contribution < -0.4 is 4.31 Å². The van der Waals surface area contributed by atoms with E-state index in [9.17, 15) is 18.7 Å². The highest BCUT2D eigenvalue weighted by Gasteiger charge is 2.66. The van der Waals surface area contributed by atoms with E-state index in [0.29, 0.717) is 10.7 Å². The molecule has 0 radical (unpaired) electrons. The summed E-state index contributed by atoms with van der Waals surface area (Å²) >= 11 is -1.57. The van der Waals surface area contributed by atoms with Gasteiger partial charge in [-0.1, -0.05) is 42.4 Å². The van der Waals surface area contributed by atoms with E-state index in [1.165, 1.54) is 11.3 Å². The van der Waals surface area contributed by atoms with Crippen molar-refractivity contribution in [3.05, 3.63) is 59.9 Å². The molecule has 0 bridgehead atoms. The second-order valence-corrected chi connectivity index (χ2v) is 8.84. The van der Waals surface area contributed by atoms with Crippen molar-refractivity contribution in [1.29, 1.82) is 0 Å². The molecule has 29 heavy (non-hydrogen) atoms. The van der Waals surface area contributed by atoms with Crippen molar-refractivity contribution in [3.8, 4) is 10.6 Å². The Hall–Kier alpha value is -2.49. The van der Waals surface area contributed by atoms with Gasteiger partial charge in [0.2, 0.25) is 0 Å². The van der Waals surface area contributed by atoms with Crippen LogP contribution in [0, 0.1) is 0 Å². The number of thiophene rings is 1. The predicted octanol–water partition coefficient (Wildman–Crippen LogP) is 3.97. The Bertz CT molecular complexity index is 1050. The van der Waals surface area contributed by atoms with Crippen molar-refractivity contribution >= 4 is 33.6 Å². The minimum atomic E-state index is -2.75. The van der Waals surface area contributed by atoms with Crippen LogP contribution in [0.2, 0.25) is 0 Å². The number of aryl methyl sites for hydroxylation is 1. The van der Waals surface area contributed by atoms with Crippen LogP contribution in [-0.4, -0.2) is 30.5 Å². The van der Waals surface area contributed by atoms with E-state index in [4.69, 9.17) is 4.52 Å². The van der Waals surface area contributed by atoms with Crippen LogP contribution in [0.25, 0.3) is 10.6 Å². The average Bonchev–Trinajstić information content (AvgIpc) is 3.01. The number of hydrogen-bond acceptors (Lipinski definition) is 6. The van der Waals surface area contributed by atoms with Crippen LogP contribution in [0.15, 0.2) is 53.1 Å². The van der Waals surface area contributed by atoms with Crippen molar-refractivity contribution in [1.82, 2.24) is 5.16 Å². The molecule has 0 amide bonds. The predicted molar refractivity (Wildman–Crippen MR) is 109 cm³/mol. The first kappa shape index (κ1) is 19.8. The van der Waals surface area contributed by atoms with E-state index in [-0.39, 0.29) is 6.42 Å². The van der Waals surface area contributed by atoms with E-state index in [1.54, 1.807) is 12.1 Å². The van der Waals surface area contributed by atoms with Crippen LogP contribution in [-0.2, 0) is 22.5 Å². The van der Waals surface area contributed by atoms with Crippen molar-refractivity contribution in [2.45, 2.75) is 37.6 Å². The van der Waals surface area contributed by atoms with Crippen LogP contribution in [0.5, 0.6) is 0 Å². The number of anilines is 1. The smallest absolute Gasteiger partial charge is 0.331 e. The minimum absolute atomic E-state index is 0.220. The standard InChI is InChI=1S/C20H20N2O5S2/c1-2-6-14-11-16(21-27-14)17-9-10-18(28-17)22(29(25)26)20(19(23)24)12-15(20)13-7-4-3-5-8-13/h3-5,7-11,15H,2,6,12H2,1H3,(H,23,24)(H,25,26)/p-1. The summed E-state index contributed by atoms with van der Waals surface area (Å²) in [6.45, 7) is 2.04. The van der Waals surface area contributed by atoms with Crippen LogP contribution >= 0.6 is 11.3 Å². The molecule has 0 aliphatic heterocycles. The summed E-state index contributed by atoms with van der Waals surface area (Å²) in [6, 6.07) is 14.3. The zero-order chi connectivity index (χ0) is 20.6. The third kappa shape index (κ3) is 3.50. The highest BCUT2D eigenvalue weighted by atomic mass is 32.2. The molecule has 2 aromatic heterocycles. The van der Waals surface area contributed by atoms with Crippen molar-refractivity contribution in [2.24, 2.45) is 0 Å². The quantitative estimate of drug-likeness (QED) is 0.541. The summed E-state index contributed by atoms with van der Waals surface area (Å²) in [7, 11) is 0. The molecule has 1 aromatic carbocycles. The Labute approximate surface area is 174 Å². The summed E-state index contributed by atoms with van der Waals surface area (Å²) in [4.78, 5) is 12.9. The second-order valence-electron chi connectivity index (χ2n) is 6.97. The summed E-state index contributed by atoms with van der Waals surface area (Å²) in [5.41, 5.74) is -0.100. The summed E-state index contributed by atoms with van der Waals surface area (Å²) in [6.07, 6.45) is 1.91. The van der Waals surface area contributed by atoms with Gasteiger partial charge >= 0.3 is 5.97 Å². The van der Waals surface area contributed by atoms with Crippen molar-refractivity contribution in [3.63, 3.8) is 0 Å². The zero-order valence-corrected chi connectivity index (χ0v) is 17.2. The van der Waals surface area contributed by atoms with E-state index >= 15 is 0 Å². The molecule has 3 aromatic rings. The molecule has 9 heteroatoms. The molecular formula is C20H19N2O5S2-. The highest BCUT2D eigenvalue weighted by molar-refractivity contribution is 7.81. The largest absolute Gasteiger partial charge is 0.755 e. The molecule has 1 N–H and O–H groups in total. The number of aliphatic carboxylic acids is 1. The maximum absolute atomic E-state index is 12.2. The van der Waals surface area contributed by atoms with E-state index in [1.807, 2.05) is 43.3 Å². The first-order chi connectivity index (χ1) is 14.0. The fourth-order valence-corrected chi connectivity index (χ4v) is 5.64. The van der Waals surface area contributed by atoms with Gasteiger partial charge in [0.25, 0.3) is 0 Å². The molecule has 1 fully saturated rings. The Morgan fingerprint density at radius 1 is 1.38 bits per heavy atom. The first-order valence-electron chi connectivity index (χ1n) is 9.21. The first-order valence-corrected chi connectivity index (χ1v) is 11.1. The van der Waals surface area contributed by atoms with Gasteiger partial charge in [0.1, 0.15) is 16.5 Å². The lowest BCUT2D eigenvalue weighted by Crippen LogP contribution is -2.46. The van der Waals surface area contributed by atoms with Gasteiger partial charge in [-0.3, -0.25) is 8.51 Å². The van der Waals surface area contributed by atoms with E-state index < -0.39 is 28.7 Å². The lowest BCUT2D eigenvalue weighted by atomic mass is 10.1. The fraction of sp³-hybridized carbons (Fsp3) is 0.300. The number of nitrogens with zero attached hydrogens (tertiary/aromatic N) is 2. The van der Waals surface area contributed by atoms with Gasteiger partial charge in [0.05, 0.1) is 4.88 Å². The molecule has 3 atom stereocenters. The minimum Gasteiger partial charge on any atom is -0.755 e. The van der Waals surface area contributed by atoms with Gasteiger partial charge in [0, 0.05) is 29.7 Å². The molecule has 4 rings (SSSR count). The lowest BCUT2D eigenvalue weighted by Gasteiger charge is -2.32. The molecule has 1 saturated carbocycles. The maximum atomic E-state index is 12.2. The number of carbonyl (C=O) groups is 1. The van der Waals surface area contributed by atoms with Crippen LogP contribution in [0.1, 0.15) is 37.0 Å². The van der Waals surface area contributed by atoms with Gasteiger partial charge in [-0.2, -0.15) is 0 Å². The highest BCUT2D eigenvalue weighted by Crippen LogP contribution is 2.58.